The standard InChI is InChI=1S/C22H25N9O12P2S/c1-46-19-11-16(24-5-25-19)30(7-27-11)20-13(33)12(32)9(42-20)4-40-45(38,39)43-15-8(2-3-44(36)37)41-21(14(15)34)31-6-26-10-17(31)28-22(23)29-18(10)35/h2-3,5-9,12-15,20-21,32-34H,4H2,1H3,(H4-,23,28,29,35,36,37,38,39)/p+1/b3-2-/t8?,9-,12-,13-,14-,15-,20-,21-/m1/s1. The zero-order chi connectivity index (χ0) is 32.9. The molecule has 2 aliphatic rings. The number of nitrogens with zero attached hydrogens (tertiary/aromatic N) is 7. The molecular weight excluding hydrogens is 676 g/mol. The first kappa shape index (κ1) is 32.7. The van der Waals surface area contributed by atoms with Crippen molar-refractivity contribution >= 4 is 55.9 Å². The number of ether oxygens (including phenoxy) is 2. The van der Waals surface area contributed by atoms with Crippen LogP contribution in [0.15, 0.2) is 40.7 Å². The summed E-state index contributed by atoms with van der Waals surface area (Å²) in [5.74, 6) is 0.558. The van der Waals surface area contributed by atoms with E-state index in [1.165, 1.54) is 29.0 Å². The number of aliphatic hydroxyl groups excluding tert-OH is 3. The summed E-state index contributed by atoms with van der Waals surface area (Å²) in [6.45, 7) is -0.756. The van der Waals surface area contributed by atoms with Gasteiger partial charge in [0.15, 0.2) is 35.1 Å². The molecule has 0 saturated carbocycles. The van der Waals surface area contributed by atoms with E-state index in [1.54, 1.807) is 6.26 Å². The van der Waals surface area contributed by atoms with Crippen LogP contribution >= 0.6 is 27.6 Å². The first-order chi connectivity index (χ1) is 21.9. The zero-order valence-corrected chi connectivity index (χ0v) is 25.9. The van der Waals surface area contributed by atoms with Gasteiger partial charge in [-0.05, 0) is 16.9 Å². The van der Waals surface area contributed by atoms with Crippen molar-refractivity contribution in [3.8, 4) is 0 Å². The fourth-order valence-electron chi connectivity index (χ4n) is 5.09. The smallest absolute Gasteiger partial charge is 0.387 e. The molecule has 0 aliphatic carbocycles. The molecule has 24 heteroatoms. The average Bonchev–Trinajstić information content (AvgIpc) is 3.76. The number of nitrogen functional groups attached to an aromatic ring is 1. The van der Waals surface area contributed by atoms with E-state index in [9.17, 15) is 39.0 Å². The fraction of sp³-hybridized carbons (Fsp3) is 0.455. The van der Waals surface area contributed by atoms with Crippen molar-refractivity contribution in [3.05, 3.63) is 41.2 Å². The highest BCUT2D eigenvalue weighted by Crippen LogP contribution is 2.49. The minimum Gasteiger partial charge on any atom is -0.387 e. The first-order valence-electron chi connectivity index (χ1n) is 13.2. The van der Waals surface area contributed by atoms with Crippen LogP contribution in [-0.4, -0.2) is 114 Å². The van der Waals surface area contributed by atoms with Crippen LogP contribution in [0.4, 0.5) is 5.95 Å². The Balaban J connectivity index is 1.18. The summed E-state index contributed by atoms with van der Waals surface area (Å²) in [5.41, 5.74) is 5.47. The molecule has 3 unspecified atom stereocenters. The minimum atomic E-state index is -5.10. The molecule has 46 heavy (non-hydrogen) atoms. The van der Waals surface area contributed by atoms with Crippen molar-refractivity contribution in [2.45, 2.75) is 54.1 Å². The predicted octanol–water partition coefficient (Wildman–Crippen LogP) is -1.11. The third-order valence-electron chi connectivity index (χ3n) is 7.16. The molecule has 6 rings (SSSR count). The van der Waals surface area contributed by atoms with Gasteiger partial charge in [0, 0.05) is 0 Å². The first-order valence-corrected chi connectivity index (χ1v) is 17.2. The number of thioether (sulfide) groups is 1. The Labute approximate surface area is 261 Å². The van der Waals surface area contributed by atoms with Crippen molar-refractivity contribution in [2.75, 3.05) is 18.6 Å². The monoisotopic (exact) mass is 702 g/mol. The number of H-pyrrole nitrogens is 1. The molecule has 4 aromatic rings. The van der Waals surface area contributed by atoms with Crippen LogP contribution in [0.1, 0.15) is 12.5 Å². The van der Waals surface area contributed by atoms with Crippen LogP contribution in [0.3, 0.4) is 0 Å². The molecular formula is C22H26N9O12P2S+. The van der Waals surface area contributed by atoms with Gasteiger partial charge in [-0.2, -0.15) is 9.88 Å². The summed E-state index contributed by atoms with van der Waals surface area (Å²) >= 11 is 1.33. The van der Waals surface area contributed by atoms with Crippen molar-refractivity contribution in [1.82, 2.24) is 39.0 Å². The number of aliphatic hydroxyl groups is 3. The number of hydrogen-bond acceptors (Lipinski definition) is 17. The average molecular weight is 703 g/mol. The summed E-state index contributed by atoms with van der Waals surface area (Å²) < 4.78 is 48.8. The maximum Gasteiger partial charge on any atom is 0.537 e. The molecule has 6 heterocycles. The van der Waals surface area contributed by atoms with Gasteiger partial charge in [0.2, 0.25) is 5.95 Å². The van der Waals surface area contributed by atoms with Gasteiger partial charge in [-0.3, -0.25) is 28.0 Å². The topological polar surface area (TPSA) is 305 Å². The van der Waals surface area contributed by atoms with Crippen molar-refractivity contribution in [1.29, 1.82) is 0 Å². The molecule has 246 valence electrons. The molecule has 2 aliphatic heterocycles. The Bertz CT molecular complexity index is 1920. The highest BCUT2D eigenvalue weighted by atomic mass is 32.2. The highest BCUT2D eigenvalue weighted by molar-refractivity contribution is 7.98. The molecule has 2 saturated heterocycles. The predicted molar refractivity (Wildman–Crippen MR) is 155 cm³/mol. The molecule has 0 spiro atoms. The van der Waals surface area contributed by atoms with E-state index in [0.29, 0.717) is 16.2 Å². The number of anilines is 1. The molecule has 21 nitrogen and oxygen atoms in total. The van der Waals surface area contributed by atoms with E-state index in [0.717, 1.165) is 22.8 Å². The Morgan fingerprint density at radius 3 is 2.50 bits per heavy atom. The second-order valence-electron chi connectivity index (χ2n) is 9.99. The SMILES string of the molecule is CSc1ncnc2c1ncn2[C@@H]1O[C@H](COP(=O)(O)O[C@@H]2C(/C=C\[P+](=O)O)O[C@@H](n3cnc4c(=O)[nH]c(N)nc43)[C@@H]2O)[C@@H](O)[C@H]1O. The van der Waals surface area contributed by atoms with Crippen LogP contribution in [0.2, 0.25) is 0 Å². The van der Waals surface area contributed by atoms with Crippen molar-refractivity contribution in [2.24, 2.45) is 0 Å². The third-order valence-corrected chi connectivity index (χ3v) is 9.26. The molecule has 0 aromatic carbocycles. The number of aromatic amines is 1. The van der Waals surface area contributed by atoms with E-state index < -0.39 is 77.1 Å². The summed E-state index contributed by atoms with van der Waals surface area (Å²) in [6.07, 6.45) is -5.28. The lowest BCUT2D eigenvalue weighted by molar-refractivity contribution is -0.0550. The number of nitrogens with one attached hydrogen (secondary N) is 1. The lowest BCUT2D eigenvalue weighted by Gasteiger charge is -2.23. The number of aromatic nitrogens is 8. The largest absolute Gasteiger partial charge is 0.537 e. The van der Waals surface area contributed by atoms with Gasteiger partial charge < -0.3 is 35.4 Å². The molecule has 0 radical (unpaired) electrons. The van der Waals surface area contributed by atoms with Gasteiger partial charge in [-0.1, -0.05) is 0 Å². The van der Waals surface area contributed by atoms with Crippen LogP contribution in [0, 0.1) is 0 Å². The number of rotatable bonds is 10. The maximum absolute atomic E-state index is 13.1. The van der Waals surface area contributed by atoms with E-state index >= 15 is 0 Å². The summed E-state index contributed by atoms with van der Waals surface area (Å²) in [5, 5.41) is 33.1. The van der Waals surface area contributed by atoms with Crippen molar-refractivity contribution < 1.29 is 52.8 Å². The van der Waals surface area contributed by atoms with E-state index in [-0.39, 0.29) is 17.1 Å². The molecule has 2 fully saturated rings. The lowest BCUT2D eigenvalue weighted by atomic mass is 10.1. The van der Waals surface area contributed by atoms with Crippen LogP contribution in [0.25, 0.3) is 22.3 Å². The fourth-order valence-corrected chi connectivity index (χ4v) is 6.84. The lowest BCUT2D eigenvalue weighted by Crippen LogP contribution is -2.35. The van der Waals surface area contributed by atoms with Crippen LogP contribution in [0.5, 0.6) is 0 Å². The Kier molecular flexibility index (Phi) is 9.06. The normalized spacial score (nSPS) is 30.1. The molecule has 8 N–H and O–H groups in total. The minimum absolute atomic E-state index is 0.0902. The Hall–Kier alpha value is -3.24. The second-order valence-corrected chi connectivity index (χ2v) is 13.1. The van der Waals surface area contributed by atoms with Crippen LogP contribution in [-0.2, 0) is 27.7 Å². The van der Waals surface area contributed by atoms with Crippen LogP contribution < -0.4 is 11.3 Å². The van der Waals surface area contributed by atoms with Gasteiger partial charge in [0.1, 0.15) is 53.5 Å². The zero-order valence-electron chi connectivity index (χ0n) is 23.3. The van der Waals surface area contributed by atoms with Gasteiger partial charge in [0.25, 0.3) is 5.56 Å². The summed E-state index contributed by atoms with van der Waals surface area (Å²) in [7, 11) is -7.92. The van der Waals surface area contributed by atoms with Gasteiger partial charge in [-0.25, -0.2) is 24.5 Å². The molecule has 4 aromatic heterocycles. The number of phosphoric ester groups is 1. The van der Waals surface area contributed by atoms with Gasteiger partial charge >= 0.3 is 15.9 Å². The number of fused-ring (bicyclic) bond motifs is 2. The van der Waals surface area contributed by atoms with E-state index in [2.05, 4.69) is 29.9 Å². The highest BCUT2D eigenvalue weighted by Gasteiger charge is 2.50. The molecule has 0 amide bonds. The number of hydrogen-bond donors (Lipinski definition) is 7. The maximum atomic E-state index is 13.1. The molecule has 10 atom stereocenters. The van der Waals surface area contributed by atoms with Gasteiger partial charge in [0.05, 0.1) is 19.3 Å². The van der Waals surface area contributed by atoms with E-state index in [4.69, 9.17) is 24.3 Å². The Morgan fingerprint density at radius 2 is 1.78 bits per heavy atom. The summed E-state index contributed by atoms with van der Waals surface area (Å²) in [6, 6.07) is 0. The number of imidazole rings is 2. The van der Waals surface area contributed by atoms with Crippen molar-refractivity contribution in [3.63, 3.8) is 0 Å². The van der Waals surface area contributed by atoms with Gasteiger partial charge in [-0.15, -0.1) is 11.8 Å². The number of phosphoric acid groups is 1. The number of nitrogens with two attached hydrogens (primary N) is 1. The van der Waals surface area contributed by atoms with E-state index in [1.807, 2.05) is 0 Å². The quantitative estimate of drug-likeness (QED) is 0.0585. The second kappa shape index (κ2) is 12.8. The summed E-state index contributed by atoms with van der Waals surface area (Å²) in [4.78, 5) is 54.8. The molecule has 0 bridgehead atoms. The Morgan fingerprint density at radius 1 is 1.09 bits per heavy atom. The third kappa shape index (κ3) is 6.10.